The zero-order valence-corrected chi connectivity index (χ0v) is 44.9. The smallest absolute Gasteiger partial charge is 0.313 e. The fraction of sp³-hybridized carbons (Fsp3) is 0.559. The van der Waals surface area contributed by atoms with E-state index in [0.717, 1.165) is 46.9 Å². The molecule has 8 unspecified atom stereocenters. The molecule has 80 heavy (non-hydrogen) atoms. The average molecular weight is 1240 g/mol. The predicted molar refractivity (Wildman–Crippen MR) is 248 cm³/mol. The minimum absolute atomic E-state index is 0.0448. The molecule has 6 aromatic rings. The third-order valence-electron chi connectivity index (χ3n) is 12.1. The number of aliphatic hydroxyl groups is 3. The van der Waals surface area contributed by atoms with Gasteiger partial charge in [-0.05, 0) is 0 Å². The number of rotatable bonds is 22. The maximum absolute atomic E-state index is 13.7. The summed E-state index contributed by atoms with van der Waals surface area (Å²) >= 11 is 0. The second-order valence-electron chi connectivity index (χ2n) is 17.3. The van der Waals surface area contributed by atoms with E-state index in [-0.39, 0.29) is 51.2 Å². The van der Waals surface area contributed by atoms with E-state index >= 15 is 0 Å². The van der Waals surface area contributed by atoms with Crippen molar-refractivity contribution in [3.63, 3.8) is 0 Å². The van der Waals surface area contributed by atoms with E-state index in [4.69, 9.17) is 48.3 Å². The van der Waals surface area contributed by atoms with Crippen LogP contribution in [0.2, 0.25) is 0 Å². The first-order valence-corrected chi connectivity index (χ1v) is 29.8. The number of aromatic amines is 2. The standard InChI is InChI=1S/C34H48N15O26P5/c1-37-24-15-25(39-8-38-24)47(9-40-15)32-23(66-4)22(72-77(57,58)67-5-12-18(50)19(51)30(69-12)48-10-41-16-26(48)42-33(35)44-28(16)53)14(71-32)7-76(55,56)73-79(61,62)75-80(63,64)74-78(59,60)68-6-13-21(65-3)20(52)31(70-13)49-11-46(2)17-27(49)43-34(36)45-29(17)54/h8-14,18-23,30-32,50-52H,5-7H2,1-4H3,(H11-,35,36,37,38,39,42,43,44,45,53,54,55,56,57,58,59,60,61,62,63,64)/p-4/t12-,13-,14-,18?,19+,20?,21+,22?,23+,30-,31-,32-/m1/s1/i1D3. The first kappa shape index (κ1) is 55.6. The van der Waals surface area contributed by atoms with E-state index in [9.17, 15) is 72.2 Å². The Morgan fingerprint density at radius 2 is 1.34 bits per heavy atom. The lowest BCUT2D eigenvalue weighted by Gasteiger charge is -2.38. The van der Waals surface area contributed by atoms with Gasteiger partial charge in [0.05, 0.1) is 39.0 Å². The number of phosphoric acid groups is 4. The summed E-state index contributed by atoms with van der Waals surface area (Å²) in [5.41, 5.74) is 8.64. The molecule has 0 radical (unpaired) electrons. The lowest BCUT2D eigenvalue weighted by molar-refractivity contribution is -0.745. The second-order valence-corrected chi connectivity index (χ2v) is 25.1. The van der Waals surface area contributed by atoms with Crippen LogP contribution in [-0.4, -0.2) is 164 Å². The van der Waals surface area contributed by atoms with Gasteiger partial charge in [-0.15, -0.1) is 0 Å². The number of hydrogen-bond acceptors (Lipinski definition) is 35. The molecule has 41 nitrogen and oxygen atoms in total. The first-order chi connectivity index (χ1) is 38.6. The molecule has 0 spiro atoms. The summed E-state index contributed by atoms with van der Waals surface area (Å²) in [5, 5.41) is 34.9. The van der Waals surface area contributed by atoms with Gasteiger partial charge in [-0.1, -0.05) is 4.98 Å². The molecule has 6 aromatic heterocycles. The van der Waals surface area contributed by atoms with Crippen molar-refractivity contribution in [3.05, 3.63) is 46.0 Å². The number of methoxy groups -OCH3 is 2. The van der Waals surface area contributed by atoms with E-state index in [1.807, 2.05) is 0 Å². The number of nitrogens with zero attached hydrogens (tertiary/aromatic N) is 10. The van der Waals surface area contributed by atoms with E-state index in [1.165, 1.54) is 17.9 Å². The monoisotopic (exact) mass is 1240 g/mol. The van der Waals surface area contributed by atoms with Crippen molar-refractivity contribution in [2.24, 2.45) is 7.05 Å². The molecule has 0 saturated carbocycles. The predicted octanol–water partition coefficient (Wildman–Crippen LogP) is -6.57. The van der Waals surface area contributed by atoms with Crippen LogP contribution >= 0.6 is 38.9 Å². The van der Waals surface area contributed by atoms with Gasteiger partial charge in [-0.25, -0.2) is 33.1 Å². The van der Waals surface area contributed by atoms with Gasteiger partial charge >= 0.3 is 5.65 Å². The van der Waals surface area contributed by atoms with Crippen molar-refractivity contribution >= 4 is 90.1 Å². The number of nitrogens with two attached hydrogens (primary N) is 2. The zero-order chi connectivity index (χ0) is 60.7. The molecular formula is C34H44N15O26P5-4. The van der Waals surface area contributed by atoms with Crippen LogP contribution in [0.1, 0.15) is 22.8 Å². The second kappa shape index (κ2) is 22.3. The quantitative estimate of drug-likeness (QED) is 0.0231. The first-order valence-electron chi connectivity index (χ1n) is 23.8. The summed E-state index contributed by atoms with van der Waals surface area (Å²) in [6.45, 7) is -5.24. The summed E-state index contributed by atoms with van der Waals surface area (Å²) in [4.78, 5) is 119. The number of hydrogen-bond donors (Lipinski definition) is 8. The van der Waals surface area contributed by atoms with Crippen LogP contribution in [0.15, 0.2) is 34.9 Å². The van der Waals surface area contributed by atoms with Crippen LogP contribution in [0.4, 0.5) is 17.7 Å². The summed E-state index contributed by atoms with van der Waals surface area (Å²) in [7, 11) is -28.9. The highest BCUT2D eigenvalue weighted by Gasteiger charge is 2.52. The third-order valence-corrected chi connectivity index (χ3v) is 19.3. The molecular weight excluding hydrogens is 1190 g/mol. The van der Waals surface area contributed by atoms with Crippen LogP contribution in [0, 0.1) is 0 Å². The van der Waals surface area contributed by atoms with Gasteiger partial charge in [0.25, 0.3) is 48.4 Å². The molecule has 10 N–H and O–H groups in total. The topological polar surface area (TPSA) is 589 Å². The van der Waals surface area contributed by atoms with Gasteiger partial charge in [-0.2, -0.15) is 4.98 Å². The number of aryl methyl sites for hydroxylation is 1. The lowest BCUT2D eigenvalue weighted by atomic mass is 10.1. The number of imidazole rings is 3. The van der Waals surface area contributed by atoms with Gasteiger partial charge in [0.1, 0.15) is 68.3 Å². The highest BCUT2D eigenvalue weighted by molar-refractivity contribution is 7.69. The normalized spacial score (nSPS) is 30.8. The molecule has 9 rings (SSSR count). The third kappa shape index (κ3) is 12.1. The number of fused-ring (bicyclic) bond motifs is 3. The van der Waals surface area contributed by atoms with Gasteiger partial charge in [0.15, 0.2) is 41.4 Å². The molecule has 3 aliphatic heterocycles. The van der Waals surface area contributed by atoms with E-state index in [2.05, 4.69) is 62.6 Å². The summed E-state index contributed by atoms with van der Waals surface area (Å²) in [6.07, 6.45) is -19.5. The zero-order valence-electron chi connectivity index (χ0n) is 43.5. The van der Waals surface area contributed by atoms with Crippen LogP contribution < -0.4 is 56.9 Å². The number of nitrogens with one attached hydrogen (secondary N) is 3. The van der Waals surface area contributed by atoms with Crippen LogP contribution in [0.25, 0.3) is 33.5 Å². The Bertz CT molecular complexity index is 3820. The molecule has 3 aliphatic rings. The summed E-state index contributed by atoms with van der Waals surface area (Å²) in [5.74, 6) is -1.08. The van der Waals surface area contributed by atoms with Crippen molar-refractivity contribution in [1.29, 1.82) is 0 Å². The Kier molecular flexibility index (Phi) is 15.5. The van der Waals surface area contributed by atoms with Crippen LogP contribution in [0.3, 0.4) is 0 Å². The van der Waals surface area contributed by atoms with Gasteiger partial charge in [0.2, 0.25) is 17.7 Å². The van der Waals surface area contributed by atoms with Crippen molar-refractivity contribution in [3.8, 4) is 0 Å². The summed E-state index contributed by atoms with van der Waals surface area (Å²) in [6, 6.07) is 0. The molecule has 3 fully saturated rings. The maximum Gasteiger partial charge on any atom is 0.313 e. The Hall–Kier alpha value is -4.96. The Labute approximate surface area is 448 Å². The fourth-order valence-electron chi connectivity index (χ4n) is 8.86. The highest BCUT2D eigenvalue weighted by Crippen LogP contribution is 2.67. The number of anilines is 3. The SMILES string of the molecule is [2H]C([2H])([2H])Nc1ncnc2c1ncn2[C@@H]1O[C@H](CP(=O)([O-])OP(=O)([O-])OP(=O)([O-])OP(=O)([O-])OC[C@H]2O[C@@H]([n+]3cn(C)c4c(=O)[nH]c(N)nc43)C(O)[C@H]2OC)C(OP(=O)([O-])OC[C@H]2O[C@@H](n3cnc4c(=O)[nH]c(N)nc43)[C@@H](O)C2O)[C@@H]1OC. The molecule has 0 bridgehead atoms. The number of H-pyrrole nitrogens is 2. The molecule has 440 valence electrons. The number of nitrogen functional groups attached to an aromatic ring is 2. The van der Waals surface area contributed by atoms with Gasteiger partial charge < -0.3 is 98.4 Å². The largest absolute Gasteiger partial charge is 0.778 e. The molecule has 0 amide bonds. The molecule has 3 saturated heterocycles. The van der Waals surface area contributed by atoms with E-state index in [0.29, 0.717) is 0 Å². The van der Waals surface area contributed by atoms with Crippen molar-refractivity contribution in [2.75, 3.05) is 57.4 Å². The number of aromatic nitrogens is 12. The van der Waals surface area contributed by atoms with Crippen molar-refractivity contribution < 1.29 is 121 Å². The van der Waals surface area contributed by atoms with Crippen LogP contribution in [-0.2, 0) is 80.1 Å². The number of phosphoric ester groups is 2. The number of aliphatic hydroxyl groups excluding tert-OH is 3. The lowest BCUT2D eigenvalue weighted by Crippen LogP contribution is -2.46. The molecule has 0 aliphatic carbocycles. The minimum atomic E-state index is -6.89. The highest BCUT2D eigenvalue weighted by atomic mass is 31.3. The Balaban J connectivity index is 0.895. The summed E-state index contributed by atoms with van der Waals surface area (Å²) < 4.78 is 147. The molecule has 17 atom stereocenters. The van der Waals surface area contributed by atoms with E-state index < -0.39 is 150 Å². The fourth-order valence-corrected chi connectivity index (χ4v) is 15.3. The number of ether oxygens (including phenoxy) is 5. The Morgan fingerprint density at radius 1 is 0.725 bits per heavy atom. The molecule has 0 aromatic carbocycles. The van der Waals surface area contributed by atoms with Gasteiger partial charge in [-0.3, -0.25) is 55.8 Å². The maximum atomic E-state index is 13.7. The van der Waals surface area contributed by atoms with Crippen molar-refractivity contribution in [2.45, 2.75) is 73.6 Å². The van der Waals surface area contributed by atoms with Crippen LogP contribution in [0.5, 0.6) is 0 Å². The Morgan fingerprint density at radius 3 is 2.04 bits per heavy atom. The van der Waals surface area contributed by atoms with E-state index in [1.54, 1.807) is 0 Å². The molecule has 46 heteroatoms. The average Bonchev–Trinajstić information content (AvgIpc) is 2.27. The minimum Gasteiger partial charge on any atom is -0.778 e. The molecule has 9 heterocycles. The van der Waals surface area contributed by atoms with Gasteiger partial charge in [0, 0.05) is 31.5 Å². The van der Waals surface area contributed by atoms with Crippen molar-refractivity contribution in [1.82, 2.24) is 53.6 Å².